The van der Waals surface area contributed by atoms with Crippen molar-refractivity contribution in [2.45, 2.75) is 38.9 Å². The molecule has 5 heteroatoms. The number of thioether (sulfide) groups is 1. The summed E-state index contributed by atoms with van der Waals surface area (Å²) >= 11 is 1.58. The molecule has 22 heavy (non-hydrogen) atoms. The number of carbonyl (C=O) groups is 1. The fourth-order valence-electron chi connectivity index (χ4n) is 2.18. The highest BCUT2D eigenvalue weighted by molar-refractivity contribution is 7.98. The Balaban J connectivity index is 2.10. The number of hydrogen-bond acceptors (Lipinski definition) is 3. The van der Waals surface area contributed by atoms with Gasteiger partial charge in [0.2, 0.25) is 5.91 Å². The van der Waals surface area contributed by atoms with Gasteiger partial charge in [-0.3, -0.25) is 4.79 Å². The summed E-state index contributed by atoms with van der Waals surface area (Å²) in [5.74, 6) is 0.624. The maximum Gasteiger partial charge on any atom is 0.226 e. The summed E-state index contributed by atoms with van der Waals surface area (Å²) in [6.07, 6.45) is 4.37. The zero-order valence-electron chi connectivity index (χ0n) is 13.6. The molecule has 0 unspecified atom stereocenters. The van der Waals surface area contributed by atoms with Gasteiger partial charge in [-0.1, -0.05) is 62.9 Å². The Kier molecular flexibility index (Phi) is 5.29. The van der Waals surface area contributed by atoms with Crippen molar-refractivity contribution in [1.82, 2.24) is 9.55 Å². The second-order valence-corrected chi connectivity index (χ2v) is 7.29. The fraction of sp³-hybridized carbons (Fsp3) is 0.412. The van der Waals surface area contributed by atoms with Crippen molar-refractivity contribution in [3.8, 4) is 0 Å². The zero-order valence-corrected chi connectivity index (χ0v) is 14.4. The maximum absolute atomic E-state index is 12.0. The summed E-state index contributed by atoms with van der Waals surface area (Å²) in [7, 11) is 0. The lowest BCUT2D eigenvalue weighted by Gasteiger charge is -2.16. The van der Waals surface area contributed by atoms with Crippen molar-refractivity contribution in [1.29, 1.82) is 0 Å². The van der Waals surface area contributed by atoms with E-state index in [1.54, 1.807) is 11.8 Å². The monoisotopic (exact) mass is 317 g/mol. The van der Waals surface area contributed by atoms with Gasteiger partial charge in [-0.2, -0.15) is 0 Å². The molecule has 0 fully saturated rings. The number of nitrogens with one attached hydrogen (secondary N) is 1. The van der Waals surface area contributed by atoms with E-state index in [1.807, 2.05) is 51.4 Å². The second-order valence-electron chi connectivity index (χ2n) is 6.51. The largest absolute Gasteiger partial charge is 0.319 e. The summed E-state index contributed by atoms with van der Waals surface area (Å²) in [6.45, 7) is 6.90. The number of aromatic nitrogens is 2. The summed E-state index contributed by atoms with van der Waals surface area (Å²) in [5.41, 5.74) is 1.18. The Morgan fingerprint density at radius 3 is 2.55 bits per heavy atom. The molecule has 1 heterocycles. The van der Waals surface area contributed by atoms with Crippen molar-refractivity contribution in [2.75, 3.05) is 11.6 Å². The molecule has 0 bridgehead atoms. The first kappa shape index (κ1) is 16.6. The van der Waals surface area contributed by atoms with Crippen LogP contribution in [0.4, 0.5) is 5.82 Å². The van der Waals surface area contributed by atoms with Gasteiger partial charge < -0.3 is 9.88 Å². The number of imidazole rings is 1. The van der Waals surface area contributed by atoms with Gasteiger partial charge in [0, 0.05) is 19.2 Å². The van der Waals surface area contributed by atoms with Gasteiger partial charge >= 0.3 is 0 Å². The number of amides is 1. The molecule has 0 spiro atoms. The number of nitrogens with zero attached hydrogens (tertiary/aromatic N) is 2. The molecule has 0 radical (unpaired) electrons. The molecule has 0 aliphatic carbocycles. The van der Waals surface area contributed by atoms with Crippen LogP contribution in [-0.4, -0.2) is 21.7 Å². The SMILES string of the molecule is CSc1nc(NC(=O)CC(C)(C)C)cn1Cc1ccccc1. The molecule has 2 rings (SSSR count). The summed E-state index contributed by atoms with van der Waals surface area (Å²) < 4.78 is 2.06. The Bertz CT molecular complexity index is 629. The molecule has 0 saturated heterocycles. The highest BCUT2D eigenvalue weighted by atomic mass is 32.2. The van der Waals surface area contributed by atoms with Crippen LogP contribution in [0.1, 0.15) is 32.8 Å². The predicted molar refractivity (Wildman–Crippen MR) is 92.3 cm³/mol. The fourth-order valence-corrected chi connectivity index (χ4v) is 2.73. The van der Waals surface area contributed by atoms with E-state index in [1.165, 1.54) is 5.56 Å². The highest BCUT2D eigenvalue weighted by Crippen LogP contribution is 2.22. The standard InChI is InChI=1S/C17H23N3OS/c1-17(2,3)10-15(21)18-14-12-20(16(19-14)22-4)11-13-8-6-5-7-9-13/h5-9,12H,10-11H2,1-4H3,(H,18,21). The average molecular weight is 317 g/mol. The number of hydrogen-bond donors (Lipinski definition) is 1. The van der Waals surface area contributed by atoms with E-state index >= 15 is 0 Å². The van der Waals surface area contributed by atoms with E-state index in [-0.39, 0.29) is 11.3 Å². The lowest BCUT2D eigenvalue weighted by Crippen LogP contribution is -2.19. The molecule has 2 aromatic rings. The van der Waals surface area contributed by atoms with Crippen LogP contribution >= 0.6 is 11.8 Å². The Morgan fingerprint density at radius 1 is 1.27 bits per heavy atom. The molecule has 0 atom stereocenters. The third-order valence-corrected chi connectivity index (χ3v) is 3.77. The summed E-state index contributed by atoms with van der Waals surface area (Å²) in [4.78, 5) is 16.5. The first-order chi connectivity index (χ1) is 10.4. The molecule has 1 N–H and O–H groups in total. The van der Waals surface area contributed by atoms with Crippen LogP contribution in [0, 0.1) is 5.41 Å². The minimum absolute atomic E-state index is 0.00418. The van der Waals surface area contributed by atoms with E-state index < -0.39 is 0 Å². The maximum atomic E-state index is 12.0. The smallest absolute Gasteiger partial charge is 0.226 e. The first-order valence-electron chi connectivity index (χ1n) is 7.32. The van der Waals surface area contributed by atoms with Crippen LogP contribution in [0.2, 0.25) is 0 Å². The van der Waals surface area contributed by atoms with Crippen LogP contribution in [0.3, 0.4) is 0 Å². The van der Waals surface area contributed by atoms with Gasteiger partial charge in [0.25, 0.3) is 0 Å². The van der Waals surface area contributed by atoms with Gasteiger partial charge in [0.1, 0.15) is 0 Å². The van der Waals surface area contributed by atoms with Crippen LogP contribution in [0.15, 0.2) is 41.7 Å². The van der Waals surface area contributed by atoms with E-state index in [0.29, 0.717) is 12.2 Å². The van der Waals surface area contributed by atoms with Gasteiger partial charge in [-0.25, -0.2) is 4.98 Å². The first-order valence-corrected chi connectivity index (χ1v) is 8.55. The predicted octanol–water partition coefficient (Wildman–Crippen LogP) is 4.03. The topological polar surface area (TPSA) is 46.9 Å². The zero-order chi connectivity index (χ0) is 16.2. The number of carbonyl (C=O) groups excluding carboxylic acids is 1. The van der Waals surface area contributed by atoms with Crippen molar-refractivity contribution in [3.63, 3.8) is 0 Å². The normalized spacial score (nSPS) is 11.5. The number of anilines is 1. The van der Waals surface area contributed by atoms with Crippen LogP contribution in [0.25, 0.3) is 0 Å². The van der Waals surface area contributed by atoms with Crippen LogP contribution in [0.5, 0.6) is 0 Å². The third kappa shape index (κ3) is 4.91. The Morgan fingerprint density at radius 2 is 1.95 bits per heavy atom. The highest BCUT2D eigenvalue weighted by Gasteiger charge is 2.17. The minimum Gasteiger partial charge on any atom is -0.319 e. The molecule has 1 aromatic heterocycles. The lowest BCUT2D eigenvalue weighted by molar-refractivity contribution is -0.117. The lowest BCUT2D eigenvalue weighted by atomic mass is 9.92. The van der Waals surface area contributed by atoms with Crippen LogP contribution < -0.4 is 5.32 Å². The minimum atomic E-state index is -0.0287. The second kappa shape index (κ2) is 7.01. The van der Waals surface area contributed by atoms with Crippen molar-refractivity contribution in [3.05, 3.63) is 42.1 Å². The van der Waals surface area contributed by atoms with Gasteiger partial charge in [0.15, 0.2) is 11.0 Å². The molecular formula is C17H23N3OS. The number of benzene rings is 1. The van der Waals surface area contributed by atoms with Crippen molar-refractivity contribution >= 4 is 23.5 Å². The molecule has 1 aromatic carbocycles. The van der Waals surface area contributed by atoms with E-state index in [0.717, 1.165) is 11.7 Å². The molecule has 4 nitrogen and oxygen atoms in total. The van der Waals surface area contributed by atoms with Gasteiger partial charge in [-0.05, 0) is 17.2 Å². The van der Waals surface area contributed by atoms with Crippen molar-refractivity contribution in [2.24, 2.45) is 5.41 Å². The van der Waals surface area contributed by atoms with E-state index in [9.17, 15) is 4.79 Å². The van der Waals surface area contributed by atoms with Gasteiger partial charge in [0.05, 0.1) is 0 Å². The molecule has 0 aliphatic heterocycles. The third-order valence-electron chi connectivity index (χ3n) is 3.08. The van der Waals surface area contributed by atoms with Crippen molar-refractivity contribution < 1.29 is 4.79 Å². The number of rotatable bonds is 5. The molecule has 0 saturated carbocycles. The Labute approximate surface area is 136 Å². The summed E-state index contributed by atoms with van der Waals surface area (Å²) in [5, 5.41) is 3.79. The summed E-state index contributed by atoms with van der Waals surface area (Å²) in [6, 6.07) is 10.2. The van der Waals surface area contributed by atoms with Crippen LogP contribution in [-0.2, 0) is 11.3 Å². The van der Waals surface area contributed by atoms with E-state index in [4.69, 9.17) is 0 Å². The molecular weight excluding hydrogens is 294 g/mol. The Hall–Kier alpha value is -1.75. The van der Waals surface area contributed by atoms with E-state index in [2.05, 4.69) is 27.0 Å². The van der Waals surface area contributed by atoms with Gasteiger partial charge in [-0.15, -0.1) is 0 Å². The average Bonchev–Trinajstić information content (AvgIpc) is 2.79. The molecule has 0 aliphatic rings. The molecule has 1 amide bonds. The quantitative estimate of drug-likeness (QED) is 0.847. The molecule has 118 valence electrons.